The lowest BCUT2D eigenvalue weighted by Gasteiger charge is -2.28. The Morgan fingerprint density at radius 1 is 1.24 bits per heavy atom. The molecule has 0 aliphatic carbocycles. The third kappa shape index (κ3) is 3.29. The molecule has 2 N–H and O–H groups in total. The van der Waals surface area contributed by atoms with Crippen molar-refractivity contribution < 1.29 is 4.79 Å². The van der Waals surface area contributed by atoms with Crippen molar-refractivity contribution in [1.82, 2.24) is 30.0 Å². The van der Waals surface area contributed by atoms with E-state index in [4.69, 9.17) is 11.6 Å². The number of urea groups is 1. The van der Waals surface area contributed by atoms with E-state index in [1.807, 2.05) is 18.2 Å². The molecule has 0 radical (unpaired) electrons. The smallest absolute Gasteiger partial charge is 0.320 e. The largest absolute Gasteiger partial charge is 0.324 e. The molecule has 0 bridgehead atoms. The predicted molar refractivity (Wildman–Crippen MR) is 92.0 cm³/mol. The molecular weight excluding hydrogens is 342 g/mol. The number of nitrogens with zero attached hydrogens (tertiary/aromatic N) is 5. The summed E-state index contributed by atoms with van der Waals surface area (Å²) in [5.41, 5.74) is 2.97. The Balaban J connectivity index is 1.44. The van der Waals surface area contributed by atoms with Gasteiger partial charge < -0.3 is 9.88 Å². The zero-order chi connectivity index (χ0) is 17.2. The summed E-state index contributed by atoms with van der Waals surface area (Å²) < 4.78 is 0. The molecule has 0 atom stereocenters. The van der Waals surface area contributed by atoms with Gasteiger partial charge in [-0.1, -0.05) is 11.6 Å². The quantitative estimate of drug-likeness (QED) is 0.688. The maximum atomic E-state index is 12.5. The SMILES string of the molecule is O=C(Nc1nnc(-c2ccncc2)[nH]1)N1CCc2cc(Cl)ncc2C1. The van der Waals surface area contributed by atoms with Gasteiger partial charge in [0.25, 0.3) is 0 Å². The van der Waals surface area contributed by atoms with Crippen LogP contribution in [-0.2, 0) is 13.0 Å². The van der Waals surface area contributed by atoms with Crippen LogP contribution in [0.3, 0.4) is 0 Å². The summed E-state index contributed by atoms with van der Waals surface area (Å²) in [6.45, 7) is 1.08. The van der Waals surface area contributed by atoms with Gasteiger partial charge in [0.15, 0.2) is 5.82 Å². The number of halogens is 1. The number of hydrogen-bond acceptors (Lipinski definition) is 5. The number of aromatic amines is 1. The zero-order valence-electron chi connectivity index (χ0n) is 13.1. The molecule has 4 rings (SSSR count). The average Bonchev–Trinajstić information content (AvgIpc) is 3.10. The average molecular weight is 356 g/mol. The number of H-pyrrole nitrogens is 1. The topological polar surface area (TPSA) is 99.7 Å². The lowest BCUT2D eigenvalue weighted by molar-refractivity contribution is 0.206. The second-order valence-electron chi connectivity index (χ2n) is 5.64. The third-order valence-electron chi connectivity index (χ3n) is 4.01. The number of aromatic nitrogens is 5. The molecule has 25 heavy (non-hydrogen) atoms. The van der Waals surface area contributed by atoms with Gasteiger partial charge in [-0.3, -0.25) is 10.3 Å². The van der Waals surface area contributed by atoms with E-state index in [2.05, 4.69) is 30.5 Å². The van der Waals surface area contributed by atoms with Crippen molar-refractivity contribution >= 4 is 23.6 Å². The summed E-state index contributed by atoms with van der Waals surface area (Å²) in [6.07, 6.45) is 5.79. The van der Waals surface area contributed by atoms with Crippen LogP contribution in [0, 0.1) is 0 Å². The highest BCUT2D eigenvalue weighted by Crippen LogP contribution is 2.21. The van der Waals surface area contributed by atoms with E-state index in [0.717, 1.165) is 23.1 Å². The van der Waals surface area contributed by atoms with Crippen molar-refractivity contribution in [2.75, 3.05) is 11.9 Å². The highest BCUT2D eigenvalue weighted by atomic mass is 35.5. The first-order valence-corrected chi connectivity index (χ1v) is 8.09. The molecule has 0 saturated heterocycles. The highest BCUT2D eigenvalue weighted by molar-refractivity contribution is 6.29. The van der Waals surface area contributed by atoms with Crippen LogP contribution in [0.15, 0.2) is 36.8 Å². The summed E-state index contributed by atoms with van der Waals surface area (Å²) >= 11 is 5.91. The summed E-state index contributed by atoms with van der Waals surface area (Å²) in [6, 6.07) is 5.24. The number of rotatable bonds is 2. The van der Waals surface area contributed by atoms with E-state index in [-0.39, 0.29) is 6.03 Å². The zero-order valence-corrected chi connectivity index (χ0v) is 13.9. The fourth-order valence-electron chi connectivity index (χ4n) is 2.72. The van der Waals surface area contributed by atoms with Gasteiger partial charge in [-0.2, -0.15) is 0 Å². The molecule has 126 valence electrons. The maximum Gasteiger partial charge on any atom is 0.324 e. The number of carbonyl (C=O) groups is 1. The van der Waals surface area contributed by atoms with Crippen molar-refractivity contribution in [3.8, 4) is 11.4 Å². The third-order valence-corrected chi connectivity index (χ3v) is 4.22. The summed E-state index contributed by atoms with van der Waals surface area (Å²) in [4.78, 5) is 25.2. The number of nitrogens with one attached hydrogen (secondary N) is 2. The minimum atomic E-state index is -0.238. The molecule has 1 aliphatic heterocycles. The van der Waals surface area contributed by atoms with E-state index >= 15 is 0 Å². The van der Waals surface area contributed by atoms with Crippen LogP contribution in [0.25, 0.3) is 11.4 Å². The van der Waals surface area contributed by atoms with Crippen molar-refractivity contribution in [3.63, 3.8) is 0 Å². The lowest BCUT2D eigenvalue weighted by atomic mass is 10.0. The van der Waals surface area contributed by atoms with Crippen LogP contribution >= 0.6 is 11.6 Å². The molecule has 0 spiro atoms. The van der Waals surface area contributed by atoms with E-state index in [0.29, 0.717) is 30.0 Å². The second kappa shape index (κ2) is 6.48. The molecule has 2 amide bonds. The Kier molecular flexibility index (Phi) is 4.02. The Morgan fingerprint density at radius 2 is 2.08 bits per heavy atom. The van der Waals surface area contributed by atoms with Gasteiger partial charge in [-0.15, -0.1) is 10.2 Å². The lowest BCUT2D eigenvalue weighted by Crippen LogP contribution is -2.39. The number of carbonyl (C=O) groups excluding carboxylic acids is 1. The first-order valence-electron chi connectivity index (χ1n) is 7.71. The van der Waals surface area contributed by atoms with Crippen LogP contribution in [0.5, 0.6) is 0 Å². The number of anilines is 1. The van der Waals surface area contributed by atoms with Crippen LogP contribution in [0.2, 0.25) is 5.15 Å². The van der Waals surface area contributed by atoms with Crippen LogP contribution in [0.4, 0.5) is 10.7 Å². The summed E-state index contributed by atoms with van der Waals surface area (Å²) in [5, 5.41) is 11.2. The van der Waals surface area contributed by atoms with E-state index in [9.17, 15) is 4.79 Å². The Bertz CT molecular complexity index is 912. The van der Waals surface area contributed by atoms with Crippen LogP contribution < -0.4 is 5.32 Å². The Labute approximate surface area is 148 Å². The predicted octanol–water partition coefficient (Wildman–Crippen LogP) is 2.51. The molecular formula is C16H14ClN7O. The molecule has 8 nitrogen and oxygen atoms in total. The van der Waals surface area contributed by atoms with Gasteiger partial charge in [-0.05, 0) is 35.7 Å². The Hall–Kier alpha value is -3.00. The monoisotopic (exact) mass is 355 g/mol. The minimum Gasteiger partial charge on any atom is -0.320 e. The molecule has 0 unspecified atom stereocenters. The number of hydrogen-bond donors (Lipinski definition) is 2. The molecule has 3 aromatic heterocycles. The van der Waals surface area contributed by atoms with Gasteiger partial charge in [-0.25, -0.2) is 9.78 Å². The Morgan fingerprint density at radius 3 is 2.92 bits per heavy atom. The van der Waals surface area contributed by atoms with Crippen LogP contribution in [0.1, 0.15) is 11.1 Å². The number of pyridine rings is 2. The fourth-order valence-corrected chi connectivity index (χ4v) is 2.90. The molecule has 0 saturated carbocycles. The van der Waals surface area contributed by atoms with E-state index in [1.54, 1.807) is 23.5 Å². The molecule has 0 fully saturated rings. The summed E-state index contributed by atoms with van der Waals surface area (Å²) in [5.74, 6) is 0.873. The second-order valence-corrected chi connectivity index (χ2v) is 6.02. The van der Waals surface area contributed by atoms with Crippen molar-refractivity contribution in [3.05, 3.63) is 53.1 Å². The van der Waals surface area contributed by atoms with Crippen molar-refractivity contribution in [2.45, 2.75) is 13.0 Å². The van der Waals surface area contributed by atoms with Gasteiger partial charge in [0.05, 0.1) is 0 Å². The van der Waals surface area contributed by atoms with E-state index < -0.39 is 0 Å². The summed E-state index contributed by atoms with van der Waals surface area (Å²) in [7, 11) is 0. The number of fused-ring (bicyclic) bond motifs is 1. The first-order chi connectivity index (χ1) is 12.2. The number of amides is 2. The van der Waals surface area contributed by atoms with Crippen LogP contribution in [-0.4, -0.2) is 42.6 Å². The van der Waals surface area contributed by atoms with Crippen molar-refractivity contribution in [2.24, 2.45) is 0 Å². The first kappa shape index (κ1) is 15.5. The molecule has 9 heteroatoms. The van der Waals surface area contributed by atoms with Crippen molar-refractivity contribution in [1.29, 1.82) is 0 Å². The standard InChI is InChI=1S/C16H14ClN7O/c17-13-7-11-3-6-24(9-12(11)8-19-13)16(25)21-15-20-14(22-23-15)10-1-4-18-5-2-10/h1-2,4-5,7-8H,3,6,9H2,(H2,20,21,22,23,25). The van der Waals surface area contributed by atoms with Gasteiger partial charge in [0.1, 0.15) is 5.15 Å². The maximum absolute atomic E-state index is 12.5. The van der Waals surface area contributed by atoms with E-state index in [1.165, 1.54) is 0 Å². The molecule has 0 aromatic carbocycles. The fraction of sp³-hybridized carbons (Fsp3) is 0.188. The molecule has 1 aliphatic rings. The van der Waals surface area contributed by atoms with Gasteiger partial charge >= 0.3 is 6.03 Å². The normalized spacial score (nSPS) is 13.4. The molecule has 3 aromatic rings. The molecule has 4 heterocycles. The van der Waals surface area contributed by atoms with Gasteiger partial charge in [0, 0.05) is 37.2 Å². The van der Waals surface area contributed by atoms with Gasteiger partial charge in [0.2, 0.25) is 5.95 Å². The minimum absolute atomic E-state index is 0.238. The highest BCUT2D eigenvalue weighted by Gasteiger charge is 2.22.